The molecule has 20 heavy (non-hydrogen) atoms. The first-order chi connectivity index (χ1) is 9.21. The van der Waals surface area contributed by atoms with Crippen LogP contribution in [0.2, 0.25) is 0 Å². The number of piperazine rings is 1. The van der Waals surface area contributed by atoms with Crippen molar-refractivity contribution in [1.29, 1.82) is 0 Å². The first-order valence-electron chi connectivity index (χ1n) is 8.06. The van der Waals surface area contributed by atoms with E-state index in [-0.39, 0.29) is 11.0 Å². The molecule has 1 saturated carbocycles. The number of nitrogens with two attached hydrogens (primary N) is 1. The molecule has 0 aromatic rings. The van der Waals surface area contributed by atoms with Gasteiger partial charge in [0.15, 0.2) is 0 Å². The zero-order valence-electron chi connectivity index (χ0n) is 14.1. The van der Waals surface area contributed by atoms with E-state index in [0.29, 0.717) is 18.2 Å². The highest BCUT2D eigenvalue weighted by Crippen LogP contribution is 2.50. The average molecular weight is 283 g/mol. The molecule has 2 aliphatic rings. The standard InChI is InChI=1S/C16H33N3O/c1-7-20-14-8-16(17,15(14,4)5)11-19-9-12(2)18(6)13(3)10-19/h12-14H,7-11,17H2,1-6H3. The van der Waals surface area contributed by atoms with E-state index in [9.17, 15) is 0 Å². The van der Waals surface area contributed by atoms with Crippen LogP contribution in [-0.4, -0.2) is 66.8 Å². The van der Waals surface area contributed by atoms with E-state index in [4.69, 9.17) is 10.5 Å². The predicted molar refractivity (Wildman–Crippen MR) is 83.9 cm³/mol. The fourth-order valence-corrected chi connectivity index (χ4v) is 3.82. The summed E-state index contributed by atoms with van der Waals surface area (Å²) >= 11 is 0. The molecule has 0 aromatic carbocycles. The molecular formula is C16H33N3O. The minimum atomic E-state index is -0.109. The van der Waals surface area contributed by atoms with Gasteiger partial charge in [0.25, 0.3) is 0 Å². The van der Waals surface area contributed by atoms with Crippen molar-refractivity contribution in [2.75, 3.05) is 33.3 Å². The van der Waals surface area contributed by atoms with Crippen LogP contribution >= 0.6 is 0 Å². The number of likely N-dealkylation sites (N-methyl/N-ethyl adjacent to an activating group) is 1. The van der Waals surface area contributed by atoms with Gasteiger partial charge in [-0.2, -0.15) is 0 Å². The van der Waals surface area contributed by atoms with Crippen molar-refractivity contribution in [1.82, 2.24) is 9.80 Å². The second-order valence-electron chi connectivity index (χ2n) is 7.58. The molecule has 1 heterocycles. The summed E-state index contributed by atoms with van der Waals surface area (Å²) in [6, 6.07) is 1.21. The minimum Gasteiger partial charge on any atom is -0.378 e. The molecule has 4 atom stereocenters. The van der Waals surface area contributed by atoms with Gasteiger partial charge in [0.1, 0.15) is 0 Å². The maximum absolute atomic E-state index is 6.72. The molecule has 4 nitrogen and oxygen atoms in total. The number of hydrogen-bond acceptors (Lipinski definition) is 4. The Labute approximate surface area is 124 Å². The van der Waals surface area contributed by atoms with Gasteiger partial charge in [0, 0.05) is 49.3 Å². The molecule has 0 radical (unpaired) electrons. The summed E-state index contributed by atoms with van der Waals surface area (Å²) < 4.78 is 5.83. The second-order valence-corrected chi connectivity index (χ2v) is 7.58. The molecule has 4 unspecified atom stereocenters. The van der Waals surface area contributed by atoms with Crippen LogP contribution in [0.15, 0.2) is 0 Å². The highest BCUT2D eigenvalue weighted by atomic mass is 16.5. The zero-order chi connectivity index (χ0) is 15.1. The van der Waals surface area contributed by atoms with E-state index >= 15 is 0 Å². The Bertz CT molecular complexity index is 335. The van der Waals surface area contributed by atoms with Crippen LogP contribution in [-0.2, 0) is 4.74 Å². The average Bonchev–Trinajstić information content (AvgIpc) is 2.35. The van der Waals surface area contributed by atoms with Crippen molar-refractivity contribution < 1.29 is 4.74 Å². The van der Waals surface area contributed by atoms with E-state index < -0.39 is 0 Å². The molecule has 2 N–H and O–H groups in total. The summed E-state index contributed by atoms with van der Waals surface area (Å²) in [5.41, 5.74) is 6.68. The lowest BCUT2D eigenvalue weighted by molar-refractivity contribution is -0.159. The summed E-state index contributed by atoms with van der Waals surface area (Å²) in [5, 5.41) is 0. The minimum absolute atomic E-state index is 0.0683. The summed E-state index contributed by atoms with van der Waals surface area (Å²) in [5.74, 6) is 0. The maximum atomic E-state index is 6.72. The monoisotopic (exact) mass is 283 g/mol. The molecule has 1 aliphatic heterocycles. The van der Waals surface area contributed by atoms with Crippen molar-refractivity contribution in [3.8, 4) is 0 Å². The van der Waals surface area contributed by atoms with Crippen LogP contribution in [0.4, 0.5) is 0 Å². The second kappa shape index (κ2) is 5.56. The predicted octanol–water partition coefficient (Wildman–Crippen LogP) is 1.54. The third kappa shape index (κ3) is 2.63. The Kier molecular flexibility index (Phi) is 4.51. The third-order valence-electron chi connectivity index (χ3n) is 5.95. The van der Waals surface area contributed by atoms with Gasteiger partial charge in [-0.05, 0) is 34.2 Å². The molecule has 1 saturated heterocycles. The van der Waals surface area contributed by atoms with E-state index in [0.717, 1.165) is 32.7 Å². The number of hydrogen-bond donors (Lipinski definition) is 1. The van der Waals surface area contributed by atoms with Crippen molar-refractivity contribution in [2.24, 2.45) is 11.1 Å². The molecule has 2 fully saturated rings. The van der Waals surface area contributed by atoms with Crippen molar-refractivity contribution in [3.63, 3.8) is 0 Å². The van der Waals surface area contributed by atoms with Crippen LogP contribution in [0.5, 0.6) is 0 Å². The normalized spacial score (nSPS) is 42.5. The van der Waals surface area contributed by atoms with Gasteiger partial charge in [-0.1, -0.05) is 13.8 Å². The maximum Gasteiger partial charge on any atom is 0.0662 e. The first-order valence-corrected chi connectivity index (χ1v) is 8.06. The Morgan fingerprint density at radius 1 is 1.20 bits per heavy atom. The van der Waals surface area contributed by atoms with Crippen LogP contribution in [0.1, 0.15) is 41.0 Å². The zero-order valence-corrected chi connectivity index (χ0v) is 14.1. The largest absolute Gasteiger partial charge is 0.378 e. The van der Waals surface area contributed by atoms with Gasteiger partial charge in [0.05, 0.1) is 6.10 Å². The third-order valence-corrected chi connectivity index (χ3v) is 5.95. The topological polar surface area (TPSA) is 41.7 Å². The lowest BCUT2D eigenvalue weighted by Gasteiger charge is -2.61. The van der Waals surface area contributed by atoms with Gasteiger partial charge >= 0.3 is 0 Å². The summed E-state index contributed by atoms with van der Waals surface area (Å²) in [6.07, 6.45) is 1.31. The van der Waals surface area contributed by atoms with Crippen LogP contribution in [0, 0.1) is 5.41 Å². The fraction of sp³-hybridized carbons (Fsp3) is 1.00. The molecular weight excluding hydrogens is 250 g/mol. The number of rotatable bonds is 4. The molecule has 0 spiro atoms. The smallest absolute Gasteiger partial charge is 0.0662 e. The first kappa shape index (κ1) is 16.2. The Morgan fingerprint density at radius 2 is 1.75 bits per heavy atom. The lowest BCUT2D eigenvalue weighted by Crippen LogP contribution is -2.74. The molecule has 118 valence electrons. The van der Waals surface area contributed by atoms with Crippen LogP contribution in [0.3, 0.4) is 0 Å². The van der Waals surface area contributed by atoms with Gasteiger partial charge in [-0.25, -0.2) is 0 Å². The highest BCUT2D eigenvalue weighted by Gasteiger charge is 2.59. The van der Waals surface area contributed by atoms with E-state index in [2.05, 4.69) is 51.5 Å². The highest BCUT2D eigenvalue weighted by molar-refractivity contribution is 5.15. The van der Waals surface area contributed by atoms with Crippen molar-refractivity contribution in [2.45, 2.75) is 64.8 Å². The Morgan fingerprint density at radius 3 is 2.20 bits per heavy atom. The fourth-order valence-electron chi connectivity index (χ4n) is 3.82. The quantitative estimate of drug-likeness (QED) is 0.850. The number of ether oxygens (including phenoxy) is 1. The van der Waals surface area contributed by atoms with Gasteiger partial charge in [-0.3, -0.25) is 9.80 Å². The molecule has 0 bridgehead atoms. The summed E-state index contributed by atoms with van der Waals surface area (Å²) in [7, 11) is 2.23. The van der Waals surface area contributed by atoms with Gasteiger partial charge < -0.3 is 10.5 Å². The van der Waals surface area contributed by atoms with Gasteiger partial charge in [-0.15, -0.1) is 0 Å². The van der Waals surface area contributed by atoms with Crippen LogP contribution in [0.25, 0.3) is 0 Å². The van der Waals surface area contributed by atoms with Crippen molar-refractivity contribution in [3.05, 3.63) is 0 Å². The number of nitrogens with zero attached hydrogens (tertiary/aromatic N) is 2. The Hall–Kier alpha value is -0.160. The van der Waals surface area contributed by atoms with E-state index in [1.165, 1.54) is 0 Å². The molecule has 1 aliphatic carbocycles. The summed E-state index contributed by atoms with van der Waals surface area (Å²) in [6.45, 7) is 15.2. The molecule has 4 heteroatoms. The SMILES string of the molecule is CCOC1CC(N)(CN2CC(C)N(C)C(C)C2)C1(C)C. The molecule has 0 amide bonds. The summed E-state index contributed by atoms with van der Waals surface area (Å²) in [4.78, 5) is 5.02. The van der Waals surface area contributed by atoms with Gasteiger partial charge in [0.2, 0.25) is 0 Å². The Balaban J connectivity index is 1.97. The lowest BCUT2D eigenvalue weighted by atomic mass is 9.54. The van der Waals surface area contributed by atoms with Crippen LogP contribution < -0.4 is 5.73 Å². The molecule has 2 rings (SSSR count). The molecule has 0 aromatic heterocycles. The van der Waals surface area contributed by atoms with E-state index in [1.807, 2.05) is 0 Å². The van der Waals surface area contributed by atoms with Crippen molar-refractivity contribution >= 4 is 0 Å². The van der Waals surface area contributed by atoms with E-state index in [1.54, 1.807) is 0 Å².